The van der Waals surface area contributed by atoms with Crippen molar-refractivity contribution in [1.82, 2.24) is 14.5 Å². The summed E-state index contributed by atoms with van der Waals surface area (Å²) in [7, 11) is -2.78. The van der Waals surface area contributed by atoms with Crippen molar-refractivity contribution in [2.75, 3.05) is 32.1 Å². The lowest BCUT2D eigenvalue weighted by Gasteiger charge is -2.33. The van der Waals surface area contributed by atoms with Gasteiger partial charge in [0.15, 0.2) is 0 Å². The molecule has 2 aliphatic heterocycles. The molecule has 0 spiro atoms. The maximum absolute atomic E-state index is 13.3. The minimum absolute atomic E-state index is 0.0975. The van der Waals surface area contributed by atoms with E-state index >= 15 is 0 Å². The summed E-state index contributed by atoms with van der Waals surface area (Å²) in [5.41, 5.74) is -1.14. The van der Waals surface area contributed by atoms with Gasteiger partial charge in [-0.15, -0.1) is 11.3 Å². The molecule has 0 unspecified atom stereocenters. The zero-order valence-corrected chi connectivity index (χ0v) is 24.7. The highest BCUT2D eigenvalue weighted by Crippen LogP contribution is 2.34. The molecule has 0 bridgehead atoms. The Kier molecular flexibility index (Phi) is 9.85. The van der Waals surface area contributed by atoms with E-state index in [4.69, 9.17) is 16.3 Å². The van der Waals surface area contributed by atoms with Gasteiger partial charge in [0.25, 0.3) is 0 Å². The Morgan fingerprint density at radius 1 is 1.17 bits per heavy atom. The van der Waals surface area contributed by atoms with Gasteiger partial charge in [-0.25, -0.2) is 8.42 Å². The predicted octanol–water partition coefficient (Wildman–Crippen LogP) is 3.94. The van der Waals surface area contributed by atoms with Gasteiger partial charge in [-0.05, 0) is 56.0 Å². The number of alkyl halides is 3. The number of nitrogens with one attached hydrogen (secondary N) is 2. The average molecular weight is 649 g/mol. The number of sulfonamides is 1. The molecule has 2 aliphatic rings. The molecule has 2 aromatic rings. The highest BCUT2D eigenvalue weighted by molar-refractivity contribution is 7.92. The molecule has 3 heterocycles. The third-order valence-corrected chi connectivity index (χ3v) is 9.09. The second-order valence-corrected chi connectivity index (χ2v) is 13.1. The van der Waals surface area contributed by atoms with Gasteiger partial charge in [-0.1, -0.05) is 11.6 Å². The third-order valence-electron chi connectivity index (χ3n) is 6.78. The van der Waals surface area contributed by atoms with Crippen LogP contribution in [0.5, 0.6) is 5.75 Å². The number of anilines is 1. The molecule has 2 fully saturated rings. The summed E-state index contributed by atoms with van der Waals surface area (Å²) < 4.78 is 72.7. The van der Waals surface area contributed by atoms with E-state index in [9.17, 15) is 36.0 Å². The molecule has 2 atom stereocenters. The number of ether oxygens (including phenoxy) is 1. The molecular formula is C26H28ClF3N4O6S2. The third kappa shape index (κ3) is 8.02. The molecule has 10 nitrogen and oxygen atoms in total. The van der Waals surface area contributed by atoms with Crippen LogP contribution in [0.15, 0.2) is 35.7 Å². The molecular weight excluding hydrogens is 621 g/mol. The monoisotopic (exact) mass is 648 g/mol. The van der Waals surface area contributed by atoms with Gasteiger partial charge in [0.2, 0.25) is 27.7 Å². The fraction of sp³-hybridized carbons (Fsp3) is 0.423. The number of methoxy groups -OCH3 is 1. The fourth-order valence-corrected chi connectivity index (χ4v) is 6.86. The smallest absolute Gasteiger partial charge is 0.416 e. The van der Waals surface area contributed by atoms with E-state index in [2.05, 4.69) is 10.0 Å². The molecule has 0 aliphatic carbocycles. The van der Waals surface area contributed by atoms with Crippen molar-refractivity contribution in [2.24, 2.45) is 0 Å². The molecule has 228 valence electrons. The number of benzene rings is 1. The largest absolute Gasteiger partial charge is 0.497 e. The molecule has 2 saturated heterocycles. The van der Waals surface area contributed by atoms with Gasteiger partial charge in [0, 0.05) is 35.1 Å². The number of nitrogens with zero attached hydrogens (tertiary/aromatic N) is 2. The van der Waals surface area contributed by atoms with Crippen LogP contribution in [0.25, 0.3) is 6.08 Å². The molecule has 16 heteroatoms. The maximum atomic E-state index is 13.3. The first-order valence-corrected chi connectivity index (χ1v) is 15.6. The highest BCUT2D eigenvalue weighted by Gasteiger charge is 2.38. The average Bonchev–Trinajstić information content (AvgIpc) is 3.58. The fourth-order valence-electron chi connectivity index (χ4n) is 4.79. The van der Waals surface area contributed by atoms with Crippen LogP contribution in [-0.2, 0) is 30.6 Å². The summed E-state index contributed by atoms with van der Waals surface area (Å²) in [6, 6.07) is 4.08. The van der Waals surface area contributed by atoms with E-state index < -0.39 is 51.6 Å². The van der Waals surface area contributed by atoms with Crippen molar-refractivity contribution < 1.29 is 40.7 Å². The topological polar surface area (TPSA) is 125 Å². The summed E-state index contributed by atoms with van der Waals surface area (Å²) in [6.45, 7) is 0.0707. The number of carbonyl (C=O) groups is 3. The van der Waals surface area contributed by atoms with E-state index in [-0.39, 0.29) is 43.9 Å². The zero-order chi connectivity index (χ0) is 30.7. The van der Waals surface area contributed by atoms with E-state index in [0.717, 1.165) is 17.5 Å². The summed E-state index contributed by atoms with van der Waals surface area (Å²) in [4.78, 5) is 42.4. The highest BCUT2D eigenvalue weighted by atomic mass is 35.5. The Morgan fingerprint density at radius 3 is 2.57 bits per heavy atom. The van der Waals surface area contributed by atoms with Crippen LogP contribution in [0.3, 0.4) is 0 Å². The van der Waals surface area contributed by atoms with Gasteiger partial charge >= 0.3 is 6.18 Å². The van der Waals surface area contributed by atoms with Crippen molar-refractivity contribution >= 4 is 62.4 Å². The lowest BCUT2D eigenvalue weighted by molar-refractivity contribution is -0.144. The summed E-state index contributed by atoms with van der Waals surface area (Å²) >= 11 is 7.05. The number of amides is 3. The standard InChI is InChI=1S/C26H28ClF3N4O6S2/c1-40-18-13-16(26(28,29)30)12-17(14-18)31-24(36)21-5-3-10-34(21)23(35)15-33-9-2-4-20(25(33)37)32-42(38,39)11-8-19-6-7-22(27)41-19/h6-8,11-14,20-21,32H,2-5,9-10,15H2,1H3,(H,31,36)/t20-,21+/m0/s1. The van der Waals surface area contributed by atoms with E-state index in [1.807, 2.05) is 0 Å². The first-order valence-electron chi connectivity index (χ1n) is 12.9. The van der Waals surface area contributed by atoms with Gasteiger partial charge in [0.05, 0.1) is 23.6 Å². The molecule has 0 saturated carbocycles. The Morgan fingerprint density at radius 2 is 1.90 bits per heavy atom. The van der Waals surface area contributed by atoms with Crippen molar-refractivity contribution in [2.45, 2.75) is 43.9 Å². The summed E-state index contributed by atoms with van der Waals surface area (Å²) in [5.74, 6) is -1.86. The second-order valence-electron chi connectivity index (χ2n) is 9.74. The van der Waals surface area contributed by atoms with Gasteiger partial charge < -0.3 is 19.9 Å². The Balaban J connectivity index is 1.38. The van der Waals surface area contributed by atoms with Gasteiger partial charge in [-0.2, -0.15) is 17.9 Å². The molecule has 1 aromatic heterocycles. The van der Waals surface area contributed by atoms with Crippen LogP contribution in [0.1, 0.15) is 36.1 Å². The Hall–Kier alpha value is -3.14. The van der Waals surface area contributed by atoms with Crippen molar-refractivity contribution in [3.05, 3.63) is 50.5 Å². The van der Waals surface area contributed by atoms with E-state index in [1.165, 1.54) is 40.4 Å². The van der Waals surface area contributed by atoms with E-state index in [0.29, 0.717) is 22.1 Å². The van der Waals surface area contributed by atoms with Crippen LogP contribution < -0.4 is 14.8 Å². The number of thiophene rings is 1. The predicted molar refractivity (Wildman–Crippen MR) is 151 cm³/mol. The Labute approximate surface area is 249 Å². The quantitative estimate of drug-likeness (QED) is 0.425. The van der Waals surface area contributed by atoms with Crippen LogP contribution >= 0.6 is 22.9 Å². The number of hydrogen-bond donors (Lipinski definition) is 2. The minimum atomic E-state index is -4.66. The number of halogens is 4. The minimum Gasteiger partial charge on any atom is -0.497 e. The van der Waals surface area contributed by atoms with Crippen LogP contribution in [-0.4, -0.2) is 74.8 Å². The normalized spacial score (nSPS) is 19.9. The van der Waals surface area contributed by atoms with Crippen LogP contribution in [0, 0.1) is 0 Å². The Bertz CT molecular complexity index is 1480. The van der Waals surface area contributed by atoms with Crippen molar-refractivity contribution in [3.8, 4) is 5.75 Å². The first kappa shape index (κ1) is 31.8. The van der Waals surface area contributed by atoms with Crippen molar-refractivity contribution in [3.63, 3.8) is 0 Å². The van der Waals surface area contributed by atoms with Gasteiger partial charge in [-0.3, -0.25) is 14.4 Å². The molecule has 4 rings (SSSR count). The van der Waals surface area contributed by atoms with Crippen molar-refractivity contribution in [1.29, 1.82) is 0 Å². The number of rotatable bonds is 9. The lowest BCUT2D eigenvalue weighted by Crippen LogP contribution is -2.55. The van der Waals surface area contributed by atoms with E-state index in [1.54, 1.807) is 12.1 Å². The SMILES string of the molecule is COc1cc(NC(=O)[C@H]2CCCN2C(=O)CN2CCC[C@H](NS(=O)(=O)C=Cc3ccc(Cl)s3)C2=O)cc(C(F)(F)F)c1. The molecule has 3 amide bonds. The lowest BCUT2D eigenvalue weighted by atomic mass is 10.1. The summed E-state index contributed by atoms with van der Waals surface area (Å²) in [6.07, 6.45) is -1.85. The number of likely N-dealkylation sites (tertiary alicyclic amines) is 2. The number of carbonyl (C=O) groups excluding carboxylic acids is 3. The van der Waals surface area contributed by atoms with Crippen LogP contribution in [0.2, 0.25) is 4.34 Å². The number of hydrogen-bond acceptors (Lipinski definition) is 7. The number of piperidine rings is 1. The first-order chi connectivity index (χ1) is 19.8. The summed E-state index contributed by atoms with van der Waals surface area (Å²) in [5, 5.41) is 3.39. The second kappa shape index (κ2) is 13.0. The molecule has 1 aromatic carbocycles. The molecule has 2 N–H and O–H groups in total. The maximum Gasteiger partial charge on any atom is 0.416 e. The zero-order valence-electron chi connectivity index (χ0n) is 22.3. The van der Waals surface area contributed by atoms with Crippen LogP contribution in [0.4, 0.5) is 18.9 Å². The van der Waals surface area contributed by atoms with Gasteiger partial charge in [0.1, 0.15) is 17.8 Å². The molecule has 42 heavy (non-hydrogen) atoms. The molecule has 0 radical (unpaired) electrons.